The van der Waals surface area contributed by atoms with Crippen LogP contribution in [-0.2, 0) is 17.9 Å². The summed E-state index contributed by atoms with van der Waals surface area (Å²) in [5, 5.41) is 2.94. The lowest BCUT2D eigenvalue weighted by Gasteiger charge is -2.21. The first-order valence-electron chi connectivity index (χ1n) is 7.77. The fourth-order valence-electron chi connectivity index (χ4n) is 2.33. The molecule has 1 aromatic heterocycles. The van der Waals surface area contributed by atoms with E-state index in [4.69, 9.17) is 0 Å². The number of benzene rings is 1. The van der Waals surface area contributed by atoms with Crippen LogP contribution in [0.5, 0.6) is 0 Å². The quantitative estimate of drug-likeness (QED) is 0.798. The van der Waals surface area contributed by atoms with Crippen LogP contribution in [0.1, 0.15) is 24.5 Å². The average Bonchev–Trinajstić information content (AvgIpc) is 2.59. The number of amides is 1. The van der Waals surface area contributed by atoms with Gasteiger partial charge in [-0.05, 0) is 18.6 Å². The molecule has 0 fully saturated rings. The Balaban J connectivity index is 2.03. The molecule has 1 heterocycles. The Bertz CT molecular complexity index is 653. The molecule has 0 saturated heterocycles. The van der Waals surface area contributed by atoms with Crippen molar-refractivity contribution in [2.75, 3.05) is 11.9 Å². The van der Waals surface area contributed by atoms with Gasteiger partial charge in [-0.3, -0.25) is 4.79 Å². The molecule has 4 nitrogen and oxygen atoms in total. The van der Waals surface area contributed by atoms with Gasteiger partial charge in [-0.15, -0.1) is 0 Å². The molecule has 0 radical (unpaired) electrons. The molecule has 23 heavy (non-hydrogen) atoms. The molecule has 0 saturated carbocycles. The molecule has 0 atom stereocenters. The van der Waals surface area contributed by atoms with E-state index in [1.54, 1.807) is 6.20 Å². The molecule has 0 aliphatic rings. The van der Waals surface area contributed by atoms with Gasteiger partial charge in [0.25, 0.3) is 0 Å². The molecule has 0 spiro atoms. The normalized spacial score (nSPS) is 10.7. The second-order valence-electron chi connectivity index (χ2n) is 5.38. The standard InChI is InChI=1S/C19H23N3O/c1-3-4-12-18(23)21-14-17-11-8-13-20-19(17)22(2)15-16-9-6-5-7-10-16/h3-11,13H,12,14-15H2,1-2H3,(H,21,23)/b4-3+. The zero-order valence-electron chi connectivity index (χ0n) is 13.7. The summed E-state index contributed by atoms with van der Waals surface area (Å²) in [4.78, 5) is 18.3. The SMILES string of the molecule is C/C=C/CC(=O)NCc1cccnc1N(C)Cc1ccccc1. The molecular formula is C19H23N3O. The van der Waals surface area contributed by atoms with Crippen LogP contribution in [0.3, 0.4) is 0 Å². The van der Waals surface area contributed by atoms with Gasteiger partial charge in [0.05, 0.1) is 0 Å². The van der Waals surface area contributed by atoms with Crippen LogP contribution in [0.15, 0.2) is 60.8 Å². The van der Waals surface area contributed by atoms with Crippen molar-refractivity contribution >= 4 is 11.7 Å². The fourth-order valence-corrected chi connectivity index (χ4v) is 2.33. The van der Waals surface area contributed by atoms with E-state index in [2.05, 4.69) is 27.3 Å². The van der Waals surface area contributed by atoms with E-state index in [9.17, 15) is 4.79 Å². The van der Waals surface area contributed by atoms with Crippen molar-refractivity contribution in [1.29, 1.82) is 0 Å². The van der Waals surface area contributed by atoms with E-state index in [0.29, 0.717) is 13.0 Å². The van der Waals surface area contributed by atoms with Gasteiger partial charge >= 0.3 is 0 Å². The van der Waals surface area contributed by atoms with Gasteiger partial charge in [0, 0.05) is 38.3 Å². The van der Waals surface area contributed by atoms with Gasteiger partial charge in [-0.2, -0.15) is 0 Å². The Morgan fingerprint density at radius 3 is 2.74 bits per heavy atom. The zero-order valence-corrected chi connectivity index (χ0v) is 13.7. The van der Waals surface area contributed by atoms with Crippen molar-refractivity contribution in [2.45, 2.75) is 26.4 Å². The maximum Gasteiger partial charge on any atom is 0.224 e. The molecular weight excluding hydrogens is 286 g/mol. The lowest BCUT2D eigenvalue weighted by Crippen LogP contribution is -2.25. The molecule has 4 heteroatoms. The number of nitrogens with zero attached hydrogens (tertiary/aromatic N) is 2. The van der Waals surface area contributed by atoms with Gasteiger partial charge in [0.2, 0.25) is 5.91 Å². The van der Waals surface area contributed by atoms with E-state index in [1.165, 1.54) is 5.56 Å². The van der Waals surface area contributed by atoms with Gasteiger partial charge in [0.1, 0.15) is 5.82 Å². The van der Waals surface area contributed by atoms with Crippen LogP contribution in [0.2, 0.25) is 0 Å². The summed E-state index contributed by atoms with van der Waals surface area (Å²) >= 11 is 0. The Labute approximate surface area is 137 Å². The van der Waals surface area contributed by atoms with Gasteiger partial charge in [-0.25, -0.2) is 4.98 Å². The van der Waals surface area contributed by atoms with Crippen LogP contribution >= 0.6 is 0 Å². The van der Waals surface area contributed by atoms with E-state index < -0.39 is 0 Å². The smallest absolute Gasteiger partial charge is 0.224 e. The van der Waals surface area contributed by atoms with Crippen LogP contribution < -0.4 is 10.2 Å². The second kappa shape index (κ2) is 8.73. The van der Waals surface area contributed by atoms with E-state index in [0.717, 1.165) is 17.9 Å². The average molecular weight is 309 g/mol. The van der Waals surface area contributed by atoms with Crippen LogP contribution in [-0.4, -0.2) is 17.9 Å². The van der Waals surface area contributed by atoms with Crippen LogP contribution in [0.25, 0.3) is 0 Å². The molecule has 1 amide bonds. The monoisotopic (exact) mass is 309 g/mol. The summed E-state index contributed by atoms with van der Waals surface area (Å²) in [6.07, 6.45) is 5.91. The first-order chi connectivity index (χ1) is 11.2. The Morgan fingerprint density at radius 1 is 1.22 bits per heavy atom. The van der Waals surface area contributed by atoms with Crippen molar-refractivity contribution in [3.05, 3.63) is 71.9 Å². The van der Waals surface area contributed by atoms with Crippen molar-refractivity contribution in [2.24, 2.45) is 0 Å². The van der Waals surface area contributed by atoms with Crippen molar-refractivity contribution < 1.29 is 4.79 Å². The number of nitrogens with one attached hydrogen (secondary N) is 1. The summed E-state index contributed by atoms with van der Waals surface area (Å²) < 4.78 is 0. The second-order valence-corrected chi connectivity index (χ2v) is 5.38. The highest BCUT2D eigenvalue weighted by molar-refractivity contribution is 5.77. The van der Waals surface area contributed by atoms with Crippen molar-refractivity contribution in [1.82, 2.24) is 10.3 Å². The fraction of sp³-hybridized carbons (Fsp3) is 0.263. The van der Waals surface area contributed by atoms with Crippen LogP contribution in [0.4, 0.5) is 5.82 Å². The van der Waals surface area contributed by atoms with E-state index >= 15 is 0 Å². The highest BCUT2D eigenvalue weighted by Gasteiger charge is 2.10. The molecule has 1 N–H and O–H groups in total. The van der Waals surface area contributed by atoms with Crippen molar-refractivity contribution in [3.63, 3.8) is 0 Å². The summed E-state index contributed by atoms with van der Waals surface area (Å²) in [5.41, 5.74) is 2.24. The predicted octanol–water partition coefficient (Wildman–Crippen LogP) is 3.30. The maximum absolute atomic E-state index is 11.8. The minimum absolute atomic E-state index is 0.0172. The maximum atomic E-state index is 11.8. The molecule has 0 aliphatic heterocycles. The number of pyridine rings is 1. The predicted molar refractivity (Wildman–Crippen MR) is 94.1 cm³/mol. The van der Waals surface area contributed by atoms with Gasteiger partial charge in [-0.1, -0.05) is 48.6 Å². The first-order valence-corrected chi connectivity index (χ1v) is 7.77. The Morgan fingerprint density at radius 2 is 2.00 bits per heavy atom. The minimum Gasteiger partial charge on any atom is -0.355 e. The molecule has 2 aromatic rings. The Kier molecular flexibility index (Phi) is 6.36. The molecule has 0 bridgehead atoms. The lowest BCUT2D eigenvalue weighted by molar-refractivity contribution is -0.120. The molecule has 1 aromatic carbocycles. The number of hydrogen-bond donors (Lipinski definition) is 1. The summed E-state index contributed by atoms with van der Waals surface area (Å²) in [5.74, 6) is 0.909. The molecule has 2 rings (SSSR count). The summed E-state index contributed by atoms with van der Waals surface area (Å²) in [6, 6.07) is 14.2. The number of carbonyl (C=O) groups excluding carboxylic acids is 1. The number of anilines is 1. The summed E-state index contributed by atoms with van der Waals surface area (Å²) in [7, 11) is 2.01. The third kappa shape index (κ3) is 5.25. The number of aromatic nitrogens is 1. The first kappa shape index (κ1) is 16.7. The minimum atomic E-state index is 0.0172. The largest absolute Gasteiger partial charge is 0.355 e. The zero-order chi connectivity index (χ0) is 16.5. The van der Waals surface area contributed by atoms with Gasteiger partial charge < -0.3 is 10.2 Å². The lowest BCUT2D eigenvalue weighted by atomic mass is 10.2. The third-order valence-electron chi connectivity index (χ3n) is 3.51. The highest BCUT2D eigenvalue weighted by Crippen LogP contribution is 2.18. The van der Waals surface area contributed by atoms with E-state index in [1.807, 2.05) is 56.5 Å². The van der Waals surface area contributed by atoms with Gasteiger partial charge in [0.15, 0.2) is 0 Å². The highest BCUT2D eigenvalue weighted by atomic mass is 16.1. The summed E-state index contributed by atoms with van der Waals surface area (Å²) in [6.45, 7) is 3.17. The number of allylic oxidation sites excluding steroid dienone is 1. The van der Waals surface area contributed by atoms with Crippen LogP contribution in [0, 0.1) is 0 Å². The third-order valence-corrected chi connectivity index (χ3v) is 3.51. The van der Waals surface area contributed by atoms with E-state index in [-0.39, 0.29) is 5.91 Å². The molecule has 0 aliphatic carbocycles. The molecule has 0 unspecified atom stereocenters. The Hall–Kier alpha value is -2.62. The van der Waals surface area contributed by atoms with Crippen molar-refractivity contribution in [3.8, 4) is 0 Å². The number of carbonyl (C=O) groups is 1. The number of hydrogen-bond acceptors (Lipinski definition) is 3. The topological polar surface area (TPSA) is 45.2 Å². The molecule has 120 valence electrons. The number of rotatable bonds is 7.